The van der Waals surface area contributed by atoms with E-state index in [4.69, 9.17) is 5.11 Å². The van der Waals surface area contributed by atoms with Crippen LogP contribution in [0, 0.1) is 5.92 Å². The highest BCUT2D eigenvalue weighted by molar-refractivity contribution is 5.55. The number of aliphatic hydroxyl groups is 1. The molecule has 1 aromatic rings. The molecule has 0 heterocycles. The Balaban J connectivity index is 2.94. The van der Waals surface area contributed by atoms with E-state index in [1.165, 1.54) is 0 Å². The molecule has 0 aliphatic carbocycles. The van der Waals surface area contributed by atoms with E-state index in [9.17, 15) is 5.11 Å². The van der Waals surface area contributed by atoms with Gasteiger partial charge in [0.1, 0.15) is 5.75 Å². The molecule has 0 amide bonds. The van der Waals surface area contributed by atoms with Crippen molar-refractivity contribution in [2.75, 3.05) is 6.61 Å². The second kappa shape index (κ2) is 4.82. The molecule has 0 saturated heterocycles. The maximum Gasteiger partial charge on any atom is 0.116 e. The predicted molar refractivity (Wildman–Crippen MR) is 58.0 cm³/mol. The molecule has 1 rings (SSSR count). The Morgan fingerprint density at radius 1 is 1.43 bits per heavy atom. The summed E-state index contributed by atoms with van der Waals surface area (Å²) in [7, 11) is 0. The smallest absolute Gasteiger partial charge is 0.116 e. The van der Waals surface area contributed by atoms with Crippen LogP contribution in [-0.2, 0) is 0 Å². The van der Waals surface area contributed by atoms with Gasteiger partial charge < -0.3 is 10.2 Å². The fraction of sp³-hybridized carbons (Fsp3) is 0.333. The Morgan fingerprint density at radius 3 is 2.64 bits per heavy atom. The van der Waals surface area contributed by atoms with Crippen molar-refractivity contribution in [3.8, 4) is 5.75 Å². The third-order valence-electron chi connectivity index (χ3n) is 2.15. The summed E-state index contributed by atoms with van der Waals surface area (Å²) in [5.41, 5.74) is 1.89. The summed E-state index contributed by atoms with van der Waals surface area (Å²) in [4.78, 5) is 0. The molecular weight excluding hydrogens is 176 g/mol. The van der Waals surface area contributed by atoms with Crippen LogP contribution >= 0.6 is 0 Å². The van der Waals surface area contributed by atoms with Crippen molar-refractivity contribution < 1.29 is 10.2 Å². The quantitative estimate of drug-likeness (QED) is 0.772. The lowest BCUT2D eigenvalue weighted by Gasteiger charge is -2.07. The first-order chi connectivity index (χ1) is 6.63. The van der Waals surface area contributed by atoms with Gasteiger partial charge in [-0.05, 0) is 29.2 Å². The van der Waals surface area contributed by atoms with Gasteiger partial charge in [0.25, 0.3) is 0 Å². The van der Waals surface area contributed by atoms with E-state index in [0.717, 1.165) is 11.1 Å². The van der Waals surface area contributed by atoms with Gasteiger partial charge in [-0.1, -0.05) is 32.1 Å². The van der Waals surface area contributed by atoms with Gasteiger partial charge >= 0.3 is 0 Å². The van der Waals surface area contributed by atoms with E-state index >= 15 is 0 Å². The number of aromatic hydroxyl groups is 1. The number of hydrogen-bond acceptors (Lipinski definition) is 2. The van der Waals surface area contributed by atoms with Gasteiger partial charge in [-0.25, -0.2) is 0 Å². The zero-order valence-electron chi connectivity index (χ0n) is 8.57. The van der Waals surface area contributed by atoms with Gasteiger partial charge in [-0.15, -0.1) is 0 Å². The fourth-order valence-corrected chi connectivity index (χ4v) is 1.22. The highest BCUT2D eigenvalue weighted by Gasteiger charge is 2.01. The van der Waals surface area contributed by atoms with E-state index in [-0.39, 0.29) is 12.4 Å². The molecule has 0 aliphatic heterocycles. The van der Waals surface area contributed by atoms with Gasteiger partial charge in [0.05, 0.1) is 6.61 Å². The third-order valence-corrected chi connectivity index (χ3v) is 2.15. The summed E-state index contributed by atoms with van der Waals surface area (Å²) < 4.78 is 0. The van der Waals surface area contributed by atoms with E-state index in [1.807, 2.05) is 26.0 Å². The van der Waals surface area contributed by atoms with Crippen molar-refractivity contribution in [1.29, 1.82) is 0 Å². The molecule has 0 radical (unpaired) electrons. The fourth-order valence-electron chi connectivity index (χ4n) is 1.22. The zero-order valence-corrected chi connectivity index (χ0v) is 8.57. The van der Waals surface area contributed by atoms with Crippen LogP contribution in [0.5, 0.6) is 5.75 Å². The molecule has 2 heteroatoms. The lowest BCUT2D eigenvalue weighted by molar-refractivity contribution is 0.320. The Hall–Kier alpha value is -1.28. The molecule has 0 saturated carbocycles. The highest BCUT2D eigenvalue weighted by Crippen LogP contribution is 2.17. The molecule has 14 heavy (non-hydrogen) atoms. The van der Waals surface area contributed by atoms with Crippen LogP contribution < -0.4 is 0 Å². The Kier molecular flexibility index (Phi) is 3.72. The van der Waals surface area contributed by atoms with Crippen LogP contribution in [0.3, 0.4) is 0 Å². The van der Waals surface area contributed by atoms with Crippen LogP contribution in [0.2, 0.25) is 0 Å². The summed E-state index contributed by atoms with van der Waals surface area (Å²) in [6, 6.07) is 7.00. The van der Waals surface area contributed by atoms with Crippen LogP contribution in [-0.4, -0.2) is 16.8 Å². The first-order valence-corrected chi connectivity index (χ1v) is 4.74. The van der Waals surface area contributed by atoms with Crippen LogP contribution in [0.25, 0.3) is 6.08 Å². The van der Waals surface area contributed by atoms with Crippen molar-refractivity contribution in [2.45, 2.75) is 13.8 Å². The predicted octanol–water partition coefficient (Wildman–Crippen LogP) is 2.42. The van der Waals surface area contributed by atoms with Crippen molar-refractivity contribution in [1.82, 2.24) is 0 Å². The molecule has 0 fully saturated rings. The minimum absolute atomic E-state index is 0.0628. The molecule has 2 nitrogen and oxygen atoms in total. The Morgan fingerprint density at radius 2 is 2.14 bits per heavy atom. The molecule has 0 bridgehead atoms. The summed E-state index contributed by atoms with van der Waals surface area (Å²) in [6.07, 6.45) is 1.91. The molecular formula is C12H16O2. The standard InChI is InChI=1S/C12H16O2/c1-9(2)11(8-13)6-10-4-3-5-12(14)7-10/h3-7,9,13-14H,8H2,1-2H3. The molecule has 1 aromatic carbocycles. The molecule has 2 N–H and O–H groups in total. The van der Waals surface area contributed by atoms with Crippen molar-refractivity contribution in [2.24, 2.45) is 5.92 Å². The second-order valence-electron chi connectivity index (χ2n) is 3.63. The molecule has 0 aromatic heterocycles. The number of hydrogen-bond donors (Lipinski definition) is 2. The average molecular weight is 192 g/mol. The van der Waals surface area contributed by atoms with Gasteiger partial charge in [-0.2, -0.15) is 0 Å². The summed E-state index contributed by atoms with van der Waals surface area (Å²) in [5, 5.41) is 18.3. The third kappa shape index (κ3) is 2.89. The maximum absolute atomic E-state index is 9.25. The van der Waals surface area contributed by atoms with E-state index in [1.54, 1.807) is 18.2 Å². The second-order valence-corrected chi connectivity index (χ2v) is 3.63. The van der Waals surface area contributed by atoms with Crippen LogP contribution in [0.1, 0.15) is 19.4 Å². The average Bonchev–Trinajstić information content (AvgIpc) is 2.14. The summed E-state index contributed by atoms with van der Waals surface area (Å²) in [6.45, 7) is 4.13. The SMILES string of the molecule is CC(C)C(=Cc1cccc(O)c1)CO. The van der Waals surface area contributed by atoms with Crippen molar-refractivity contribution in [3.63, 3.8) is 0 Å². The summed E-state index contributed by atoms with van der Waals surface area (Å²) in [5.74, 6) is 0.571. The van der Waals surface area contributed by atoms with Gasteiger partial charge in [0.15, 0.2) is 0 Å². The first-order valence-electron chi connectivity index (χ1n) is 4.74. The minimum atomic E-state index is 0.0628. The number of benzene rings is 1. The van der Waals surface area contributed by atoms with Crippen molar-refractivity contribution >= 4 is 6.08 Å². The highest BCUT2D eigenvalue weighted by atomic mass is 16.3. The number of phenols is 1. The number of aliphatic hydroxyl groups excluding tert-OH is 1. The number of phenolic OH excluding ortho intramolecular Hbond substituents is 1. The van der Waals surface area contributed by atoms with Gasteiger partial charge in [0, 0.05) is 0 Å². The maximum atomic E-state index is 9.25. The Bertz CT molecular complexity index is 327. The lowest BCUT2D eigenvalue weighted by Crippen LogP contribution is -1.98. The lowest BCUT2D eigenvalue weighted by atomic mass is 10.0. The number of rotatable bonds is 3. The first kappa shape index (κ1) is 10.8. The van der Waals surface area contributed by atoms with Gasteiger partial charge in [-0.3, -0.25) is 0 Å². The normalized spacial score (nSPS) is 12.1. The van der Waals surface area contributed by atoms with E-state index in [0.29, 0.717) is 5.92 Å². The van der Waals surface area contributed by atoms with Crippen LogP contribution in [0.15, 0.2) is 29.8 Å². The molecule has 0 spiro atoms. The summed E-state index contributed by atoms with van der Waals surface area (Å²) >= 11 is 0. The largest absolute Gasteiger partial charge is 0.508 e. The zero-order chi connectivity index (χ0) is 10.6. The molecule has 76 valence electrons. The van der Waals surface area contributed by atoms with E-state index in [2.05, 4.69) is 0 Å². The Labute approximate surface area is 84.5 Å². The van der Waals surface area contributed by atoms with Crippen LogP contribution in [0.4, 0.5) is 0 Å². The van der Waals surface area contributed by atoms with Crippen molar-refractivity contribution in [3.05, 3.63) is 35.4 Å². The minimum Gasteiger partial charge on any atom is -0.508 e. The molecule has 0 unspecified atom stereocenters. The molecule has 0 atom stereocenters. The molecule has 0 aliphatic rings. The van der Waals surface area contributed by atoms with E-state index < -0.39 is 0 Å². The topological polar surface area (TPSA) is 40.5 Å². The van der Waals surface area contributed by atoms with Gasteiger partial charge in [0.2, 0.25) is 0 Å². The monoisotopic (exact) mass is 192 g/mol.